The van der Waals surface area contributed by atoms with E-state index >= 15 is 0 Å². The molecule has 3 aromatic carbocycles. The van der Waals surface area contributed by atoms with Gasteiger partial charge >= 0.3 is 0 Å². The standard InChI is InChI=1S/C26H28N4O4/c1-3-30(18-25(32)29-22-15-9-10-16-23(22)34-2)17-24(31)28-21-14-8-7-13-20(21)26(33)27-19-11-5-4-6-12-19/h4-16H,3,17-18H2,1-2H3,(H,27,33)(H,28,31)(H,29,32). The lowest BCUT2D eigenvalue weighted by atomic mass is 10.1. The van der Waals surface area contributed by atoms with E-state index in [1.807, 2.05) is 31.2 Å². The van der Waals surface area contributed by atoms with Gasteiger partial charge in [0, 0.05) is 5.69 Å². The molecule has 0 aliphatic heterocycles. The van der Waals surface area contributed by atoms with Crippen LogP contribution >= 0.6 is 0 Å². The van der Waals surface area contributed by atoms with Gasteiger partial charge in [-0.05, 0) is 42.9 Å². The van der Waals surface area contributed by atoms with Crippen LogP contribution in [0.3, 0.4) is 0 Å². The topological polar surface area (TPSA) is 99.8 Å². The van der Waals surface area contributed by atoms with Crippen molar-refractivity contribution in [2.45, 2.75) is 6.92 Å². The molecule has 0 spiro atoms. The zero-order chi connectivity index (χ0) is 24.3. The molecule has 3 amide bonds. The van der Waals surface area contributed by atoms with E-state index < -0.39 is 0 Å². The van der Waals surface area contributed by atoms with Crippen molar-refractivity contribution >= 4 is 34.8 Å². The Labute approximate surface area is 198 Å². The number of amides is 3. The number of benzene rings is 3. The second-order valence-electron chi connectivity index (χ2n) is 7.47. The van der Waals surface area contributed by atoms with Gasteiger partial charge in [0.25, 0.3) is 5.91 Å². The second-order valence-corrected chi connectivity index (χ2v) is 7.47. The van der Waals surface area contributed by atoms with Gasteiger partial charge in [0.1, 0.15) is 5.75 Å². The first-order valence-electron chi connectivity index (χ1n) is 10.9. The van der Waals surface area contributed by atoms with E-state index in [9.17, 15) is 14.4 Å². The highest BCUT2D eigenvalue weighted by molar-refractivity contribution is 6.10. The summed E-state index contributed by atoms with van der Waals surface area (Å²) in [6.45, 7) is 2.37. The zero-order valence-corrected chi connectivity index (χ0v) is 19.2. The van der Waals surface area contributed by atoms with Crippen molar-refractivity contribution in [2.75, 3.05) is 42.7 Å². The molecule has 3 aromatic rings. The molecule has 0 aromatic heterocycles. The van der Waals surface area contributed by atoms with Crippen LogP contribution in [0, 0.1) is 0 Å². The molecule has 0 aliphatic carbocycles. The molecule has 0 heterocycles. The highest BCUT2D eigenvalue weighted by Crippen LogP contribution is 2.23. The largest absolute Gasteiger partial charge is 0.495 e. The third-order valence-corrected chi connectivity index (χ3v) is 5.04. The molecule has 8 nitrogen and oxygen atoms in total. The van der Waals surface area contributed by atoms with E-state index in [-0.39, 0.29) is 30.8 Å². The molecule has 0 aliphatic rings. The summed E-state index contributed by atoms with van der Waals surface area (Å²) in [4.78, 5) is 39.7. The molecule has 3 N–H and O–H groups in total. The minimum absolute atomic E-state index is 0.00944. The fourth-order valence-electron chi connectivity index (χ4n) is 3.32. The summed E-state index contributed by atoms with van der Waals surface area (Å²) in [6.07, 6.45) is 0. The number of hydrogen-bond donors (Lipinski definition) is 3. The molecule has 3 rings (SSSR count). The molecular weight excluding hydrogens is 432 g/mol. The number of nitrogens with zero attached hydrogens (tertiary/aromatic N) is 1. The highest BCUT2D eigenvalue weighted by Gasteiger charge is 2.17. The number of carbonyl (C=O) groups is 3. The Morgan fingerprint density at radius 1 is 0.735 bits per heavy atom. The summed E-state index contributed by atoms with van der Waals surface area (Å²) in [5, 5.41) is 8.41. The summed E-state index contributed by atoms with van der Waals surface area (Å²) in [5.74, 6) is -0.360. The van der Waals surface area contributed by atoms with Crippen LogP contribution in [0.25, 0.3) is 0 Å². The summed E-state index contributed by atoms with van der Waals surface area (Å²) in [7, 11) is 1.53. The Balaban J connectivity index is 1.60. The van der Waals surface area contributed by atoms with Crippen LogP contribution in [0.5, 0.6) is 5.75 Å². The van der Waals surface area contributed by atoms with Crippen molar-refractivity contribution in [3.63, 3.8) is 0 Å². The van der Waals surface area contributed by atoms with Crippen molar-refractivity contribution < 1.29 is 19.1 Å². The summed E-state index contributed by atoms with van der Waals surface area (Å²) in [6, 6.07) is 23.0. The second kappa shape index (κ2) is 12.2. The Kier molecular flexibility index (Phi) is 8.76. The third-order valence-electron chi connectivity index (χ3n) is 5.04. The van der Waals surface area contributed by atoms with Crippen molar-refractivity contribution in [3.05, 3.63) is 84.4 Å². The van der Waals surface area contributed by atoms with Crippen LogP contribution in [0.4, 0.5) is 17.1 Å². The van der Waals surface area contributed by atoms with E-state index in [4.69, 9.17) is 4.74 Å². The SMILES string of the molecule is CCN(CC(=O)Nc1ccccc1OC)CC(=O)Nc1ccccc1C(=O)Nc1ccccc1. The lowest BCUT2D eigenvalue weighted by Gasteiger charge is -2.20. The number of rotatable bonds is 10. The minimum Gasteiger partial charge on any atom is -0.495 e. The number of likely N-dealkylation sites (N-methyl/N-ethyl adjacent to an activating group) is 1. The Bertz CT molecular complexity index is 1130. The number of methoxy groups -OCH3 is 1. The molecule has 0 saturated heterocycles. The Morgan fingerprint density at radius 2 is 1.29 bits per heavy atom. The van der Waals surface area contributed by atoms with Crippen LogP contribution in [-0.4, -0.2) is 49.4 Å². The first kappa shape index (κ1) is 24.5. The molecule has 0 atom stereocenters. The predicted octanol–water partition coefficient (Wildman–Crippen LogP) is 3.85. The number of carbonyl (C=O) groups excluding carboxylic acids is 3. The average Bonchev–Trinajstić information content (AvgIpc) is 2.84. The van der Waals surface area contributed by atoms with Crippen LogP contribution < -0.4 is 20.7 Å². The quantitative estimate of drug-likeness (QED) is 0.427. The summed E-state index contributed by atoms with van der Waals surface area (Å²) in [5.41, 5.74) is 1.97. The Morgan fingerprint density at radius 3 is 1.94 bits per heavy atom. The molecule has 0 saturated carbocycles. The first-order valence-corrected chi connectivity index (χ1v) is 10.9. The molecule has 0 unspecified atom stereocenters. The zero-order valence-electron chi connectivity index (χ0n) is 19.2. The first-order chi connectivity index (χ1) is 16.5. The van der Waals surface area contributed by atoms with E-state index in [1.54, 1.807) is 59.5 Å². The van der Waals surface area contributed by atoms with E-state index in [0.717, 1.165) is 0 Å². The van der Waals surface area contributed by atoms with E-state index in [1.165, 1.54) is 7.11 Å². The lowest BCUT2D eigenvalue weighted by Crippen LogP contribution is -2.38. The predicted molar refractivity (Wildman–Crippen MR) is 133 cm³/mol. The van der Waals surface area contributed by atoms with Crippen LogP contribution in [0.2, 0.25) is 0 Å². The molecule has 34 heavy (non-hydrogen) atoms. The monoisotopic (exact) mass is 460 g/mol. The number of anilines is 3. The van der Waals surface area contributed by atoms with E-state index in [2.05, 4.69) is 16.0 Å². The van der Waals surface area contributed by atoms with Gasteiger partial charge in [-0.1, -0.05) is 49.4 Å². The van der Waals surface area contributed by atoms with Crippen molar-refractivity contribution in [2.24, 2.45) is 0 Å². The molecular formula is C26H28N4O4. The average molecular weight is 461 g/mol. The van der Waals surface area contributed by atoms with Gasteiger partial charge in [0.05, 0.1) is 37.1 Å². The van der Waals surface area contributed by atoms with Gasteiger partial charge in [0.15, 0.2) is 0 Å². The van der Waals surface area contributed by atoms with Gasteiger partial charge < -0.3 is 20.7 Å². The van der Waals surface area contributed by atoms with Crippen LogP contribution in [-0.2, 0) is 9.59 Å². The third kappa shape index (κ3) is 6.91. The maximum Gasteiger partial charge on any atom is 0.257 e. The number of para-hydroxylation sites is 4. The number of ether oxygens (including phenoxy) is 1. The smallest absolute Gasteiger partial charge is 0.257 e. The van der Waals surface area contributed by atoms with Gasteiger partial charge in [-0.25, -0.2) is 0 Å². The van der Waals surface area contributed by atoms with Crippen LogP contribution in [0.15, 0.2) is 78.9 Å². The minimum atomic E-state index is -0.328. The van der Waals surface area contributed by atoms with Crippen molar-refractivity contribution in [1.82, 2.24) is 4.90 Å². The molecule has 176 valence electrons. The number of nitrogens with one attached hydrogen (secondary N) is 3. The van der Waals surface area contributed by atoms with E-state index in [0.29, 0.717) is 34.9 Å². The van der Waals surface area contributed by atoms with Gasteiger partial charge in [-0.3, -0.25) is 19.3 Å². The van der Waals surface area contributed by atoms with Crippen molar-refractivity contribution in [1.29, 1.82) is 0 Å². The number of hydrogen-bond acceptors (Lipinski definition) is 5. The fraction of sp³-hybridized carbons (Fsp3) is 0.192. The molecule has 0 radical (unpaired) electrons. The summed E-state index contributed by atoms with van der Waals surface area (Å²) >= 11 is 0. The van der Waals surface area contributed by atoms with Gasteiger partial charge in [0.2, 0.25) is 11.8 Å². The highest BCUT2D eigenvalue weighted by atomic mass is 16.5. The maximum absolute atomic E-state index is 12.7. The van der Waals surface area contributed by atoms with Crippen LogP contribution in [0.1, 0.15) is 17.3 Å². The maximum atomic E-state index is 12.7. The van der Waals surface area contributed by atoms with Gasteiger partial charge in [-0.15, -0.1) is 0 Å². The molecule has 8 heteroatoms. The normalized spacial score (nSPS) is 10.4. The van der Waals surface area contributed by atoms with Gasteiger partial charge in [-0.2, -0.15) is 0 Å². The Hall–Kier alpha value is -4.17. The van der Waals surface area contributed by atoms with Crippen molar-refractivity contribution in [3.8, 4) is 5.75 Å². The summed E-state index contributed by atoms with van der Waals surface area (Å²) < 4.78 is 5.25. The fourth-order valence-corrected chi connectivity index (χ4v) is 3.32. The molecule has 0 fully saturated rings. The lowest BCUT2D eigenvalue weighted by molar-refractivity contribution is -0.119. The molecule has 0 bridgehead atoms.